The van der Waals surface area contributed by atoms with Gasteiger partial charge in [-0.2, -0.15) is 0 Å². The third-order valence-corrected chi connectivity index (χ3v) is 16.9. The maximum Gasteiger partial charge on any atom is 0.475 e. The van der Waals surface area contributed by atoms with Crippen molar-refractivity contribution in [3.05, 3.63) is 74.1 Å². The molecule has 0 radical (unpaired) electrons. The van der Waals surface area contributed by atoms with Crippen LogP contribution >= 0.6 is 58.8 Å². The molecule has 8 atom stereocenters. The Morgan fingerprint density at radius 1 is 0.629 bits per heavy atom. The van der Waals surface area contributed by atoms with Gasteiger partial charge in [-0.3, -0.25) is 36.3 Å². The summed E-state index contributed by atoms with van der Waals surface area (Å²) in [7, 11) is -3.02. The van der Waals surface area contributed by atoms with Crippen molar-refractivity contribution in [2.75, 3.05) is 49.4 Å². The van der Waals surface area contributed by atoms with Crippen molar-refractivity contribution < 1.29 is 45.7 Å². The van der Waals surface area contributed by atoms with Gasteiger partial charge in [-0.15, -0.1) is 0 Å². The number of nitrogen functional groups attached to an aromatic ring is 2. The summed E-state index contributed by atoms with van der Waals surface area (Å²) >= 11 is 0. The number of imidazole rings is 2. The monoisotopic (exact) mass is 964 g/mol. The Hall–Kier alpha value is -3.46. The van der Waals surface area contributed by atoms with Crippen LogP contribution in [0.25, 0.3) is 22.3 Å². The summed E-state index contributed by atoms with van der Waals surface area (Å²) in [5.41, 5.74) is 13.7. The number of phosphoric acid groups is 2. The van der Waals surface area contributed by atoms with Gasteiger partial charge in [0.05, 0.1) is 39.1 Å². The standard InChI is InChI=1S/C34H38N12O10P2S4/c35-31-29-33(41-17-39-31)45(19-43-29)27-13-21-24(54-27)16-52-58(48,50-10-12-60-62-26-6-2-4-8-38-26)56-22-14-28(46-20-44-30-32(36)40-18-42-34(30)46)53-23(22)15-51-57(47,55-21)49-9-11-59-61-25-5-1-3-7-37-25/h1-8,17-24,27-28H,9-16H2,(H2,35,39,41)(H2,36,40,42)/t21?,22?,23-,24-,27-,28-,57?,58?/m1/s1. The fourth-order valence-corrected chi connectivity index (χ4v) is 13.1. The van der Waals surface area contributed by atoms with Crippen LogP contribution in [0.3, 0.4) is 0 Å². The molecule has 0 amide bonds. The third kappa shape index (κ3) is 10.2. The molecule has 4 unspecified atom stereocenters. The number of nitrogens with zero attached hydrogens (tertiary/aromatic N) is 10. The van der Waals surface area contributed by atoms with Gasteiger partial charge in [0.2, 0.25) is 0 Å². The molecule has 0 spiro atoms. The van der Waals surface area contributed by atoms with Crippen molar-refractivity contribution in [3.63, 3.8) is 0 Å². The second-order valence-corrected chi connectivity index (χ2v) is 21.6. The fourth-order valence-electron chi connectivity index (χ4n) is 6.65. The van der Waals surface area contributed by atoms with Gasteiger partial charge in [-0.25, -0.2) is 49.0 Å². The Labute approximate surface area is 369 Å². The topological polar surface area (TPSA) is 273 Å². The van der Waals surface area contributed by atoms with E-state index >= 15 is 0 Å². The van der Waals surface area contributed by atoms with Gasteiger partial charge in [0.15, 0.2) is 22.9 Å². The summed E-state index contributed by atoms with van der Waals surface area (Å²) in [5.74, 6) is 1.18. The minimum Gasteiger partial charge on any atom is -0.382 e. The van der Waals surface area contributed by atoms with Crippen LogP contribution in [0.5, 0.6) is 0 Å². The zero-order valence-corrected chi connectivity index (χ0v) is 37.3. The zero-order chi connectivity index (χ0) is 42.5. The number of hydrogen-bond acceptors (Lipinski definition) is 24. The Morgan fingerprint density at radius 2 is 1.10 bits per heavy atom. The first kappa shape index (κ1) is 43.8. The van der Waals surface area contributed by atoms with Gasteiger partial charge in [0.1, 0.15) is 70.6 Å². The van der Waals surface area contributed by atoms with E-state index in [-0.39, 0.29) is 50.9 Å². The Kier molecular flexibility index (Phi) is 13.9. The van der Waals surface area contributed by atoms with Gasteiger partial charge < -0.3 is 20.9 Å². The first-order valence-corrected chi connectivity index (χ1v) is 26.5. The lowest BCUT2D eigenvalue weighted by Gasteiger charge is -2.29. The number of nitrogens with two attached hydrogens (primary N) is 2. The van der Waals surface area contributed by atoms with Crippen molar-refractivity contribution in [2.45, 2.75) is 59.8 Å². The predicted octanol–water partition coefficient (Wildman–Crippen LogP) is 6.14. The zero-order valence-electron chi connectivity index (χ0n) is 32.3. The average molecular weight is 965 g/mol. The second kappa shape index (κ2) is 19.7. The van der Waals surface area contributed by atoms with Crippen LogP contribution in [-0.4, -0.2) is 111 Å². The van der Waals surface area contributed by atoms with E-state index in [1.165, 1.54) is 68.5 Å². The van der Waals surface area contributed by atoms with Crippen LogP contribution in [0.4, 0.5) is 11.6 Å². The van der Waals surface area contributed by atoms with Crippen LogP contribution in [0, 0.1) is 0 Å². The molecule has 3 aliphatic heterocycles. The number of fused-ring (bicyclic) bond motifs is 4. The minimum absolute atomic E-state index is 0.0157. The maximum atomic E-state index is 14.8. The molecule has 0 aliphatic carbocycles. The highest BCUT2D eigenvalue weighted by molar-refractivity contribution is 8.77. The first-order chi connectivity index (χ1) is 30.2. The number of phosphoric ester groups is 2. The fraction of sp³-hybridized carbons (Fsp3) is 0.412. The Bertz CT molecular complexity index is 2380. The molecule has 9 rings (SSSR count). The lowest BCUT2D eigenvalue weighted by atomic mass is 10.2. The lowest BCUT2D eigenvalue weighted by Crippen LogP contribution is -2.33. The van der Waals surface area contributed by atoms with Gasteiger partial charge in [0.25, 0.3) is 0 Å². The molecule has 0 saturated carbocycles. The van der Waals surface area contributed by atoms with Crippen LogP contribution in [0.1, 0.15) is 25.3 Å². The summed E-state index contributed by atoms with van der Waals surface area (Å²) in [5, 5.41) is 1.61. The van der Waals surface area contributed by atoms with Crippen molar-refractivity contribution in [1.82, 2.24) is 49.0 Å². The molecule has 6 aromatic heterocycles. The SMILES string of the molecule is Nc1ncnc2c1ncn2[C@H]1CC2OP(=O)(OCCSSc3ccccn3)OC[C@H]3O[C@@H](n4cnc5c(N)ncnc54)CC3OP(=O)(OCCSSc3ccccn3)OC[C@H]2O1. The highest BCUT2D eigenvalue weighted by atomic mass is 33.1. The van der Waals surface area contributed by atoms with Crippen molar-refractivity contribution in [3.8, 4) is 0 Å². The predicted molar refractivity (Wildman–Crippen MR) is 230 cm³/mol. The van der Waals surface area contributed by atoms with Gasteiger partial charge in [-0.1, -0.05) is 33.7 Å². The molecule has 3 saturated heterocycles. The molecule has 9 heterocycles. The molecular weight excluding hydrogens is 927 g/mol. The van der Waals surface area contributed by atoms with E-state index in [1.54, 1.807) is 21.5 Å². The quantitative estimate of drug-likeness (QED) is 0.0704. The minimum atomic E-state index is -4.41. The Morgan fingerprint density at radius 3 is 1.53 bits per heavy atom. The molecule has 62 heavy (non-hydrogen) atoms. The highest BCUT2D eigenvalue weighted by Crippen LogP contribution is 2.58. The second-order valence-electron chi connectivity index (χ2n) is 13.5. The van der Waals surface area contributed by atoms with E-state index in [1.807, 2.05) is 36.4 Å². The van der Waals surface area contributed by atoms with E-state index in [0.717, 1.165) is 10.1 Å². The first-order valence-electron chi connectivity index (χ1n) is 19.0. The molecule has 3 fully saturated rings. The molecular formula is C34H38N12O10P2S4. The molecule has 328 valence electrons. The average Bonchev–Trinajstić information content (AvgIpc) is 4.08. The van der Waals surface area contributed by atoms with Gasteiger partial charge >= 0.3 is 15.6 Å². The number of anilines is 2. The molecule has 28 heteroatoms. The number of pyridine rings is 2. The summed E-state index contributed by atoms with van der Waals surface area (Å²) < 4.78 is 82.5. The van der Waals surface area contributed by atoms with E-state index in [9.17, 15) is 9.13 Å². The van der Waals surface area contributed by atoms with Crippen molar-refractivity contribution in [1.29, 1.82) is 0 Å². The Balaban J connectivity index is 0.976. The van der Waals surface area contributed by atoms with E-state index in [2.05, 4.69) is 39.9 Å². The molecule has 22 nitrogen and oxygen atoms in total. The molecule has 0 bridgehead atoms. The van der Waals surface area contributed by atoms with E-state index in [4.69, 9.17) is 48.1 Å². The van der Waals surface area contributed by atoms with Crippen LogP contribution in [0.2, 0.25) is 0 Å². The largest absolute Gasteiger partial charge is 0.475 e. The molecule has 6 aromatic rings. The van der Waals surface area contributed by atoms with Crippen LogP contribution < -0.4 is 11.5 Å². The third-order valence-electron chi connectivity index (χ3n) is 9.47. The van der Waals surface area contributed by atoms with Gasteiger partial charge in [-0.05, 0) is 45.9 Å². The van der Waals surface area contributed by atoms with Crippen LogP contribution in [0.15, 0.2) is 84.2 Å². The number of hydrogen-bond donors (Lipinski definition) is 2. The van der Waals surface area contributed by atoms with E-state index in [0.29, 0.717) is 33.8 Å². The molecule has 0 aromatic carbocycles. The van der Waals surface area contributed by atoms with Crippen LogP contribution in [-0.2, 0) is 45.7 Å². The maximum absolute atomic E-state index is 14.8. The summed E-state index contributed by atoms with van der Waals surface area (Å²) in [4.78, 5) is 34.1. The summed E-state index contributed by atoms with van der Waals surface area (Å²) in [6.07, 6.45) is 3.73. The molecule has 4 N–H and O–H groups in total. The van der Waals surface area contributed by atoms with E-state index < -0.39 is 52.5 Å². The summed E-state index contributed by atoms with van der Waals surface area (Å²) in [6, 6.07) is 11.2. The summed E-state index contributed by atoms with van der Waals surface area (Å²) in [6.45, 7) is -0.784. The smallest absolute Gasteiger partial charge is 0.382 e. The highest BCUT2D eigenvalue weighted by Gasteiger charge is 2.49. The number of ether oxygens (including phenoxy) is 2. The number of rotatable bonds is 14. The molecule has 3 aliphatic rings. The van der Waals surface area contributed by atoms with Crippen molar-refractivity contribution >= 4 is 92.8 Å². The number of aromatic nitrogens is 10. The van der Waals surface area contributed by atoms with Gasteiger partial charge in [0, 0.05) is 36.7 Å². The lowest BCUT2D eigenvalue weighted by molar-refractivity contribution is -0.0699. The normalized spacial score (nSPS) is 28.1. The van der Waals surface area contributed by atoms with Crippen molar-refractivity contribution in [2.24, 2.45) is 0 Å².